The quantitative estimate of drug-likeness (QED) is 0.790. The molecule has 0 saturated carbocycles. The maximum absolute atomic E-state index is 12.5. The molecule has 0 aliphatic carbocycles. The van der Waals surface area contributed by atoms with Crippen molar-refractivity contribution < 1.29 is 22.8 Å². The van der Waals surface area contributed by atoms with Crippen molar-refractivity contribution in [2.75, 3.05) is 5.75 Å². The number of benzene rings is 1. The fraction of sp³-hybridized carbons (Fsp3) is 0.231. The SMILES string of the molecule is CC(=O)SCC=Cc1cc(C(F)(F)F)ccc1C=O. The Bertz CT molecular complexity index is 507. The zero-order valence-electron chi connectivity index (χ0n) is 10.0. The van der Waals surface area contributed by atoms with E-state index in [-0.39, 0.29) is 16.2 Å². The summed E-state index contributed by atoms with van der Waals surface area (Å²) in [7, 11) is 0. The molecule has 0 aliphatic rings. The van der Waals surface area contributed by atoms with E-state index in [0.29, 0.717) is 12.0 Å². The minimum Gasteiger partial charge on any atom is -0.298 e. The van der Waals surface area contributed by atoms with Gasteiger partial charge < -0.3 is 0 Å². The van der Waals surface area contributed by atoms with Crippen LogP contribution in [0, 0.1) is 0 Å². The van der Waals surface area contributed by atoms with Crippen molar-refractivity contribution in [3.63, 3.8) is 0 Å². The second kappa shape index (κ2) is 6.56. The van der Waals surface area contributed by atoms with Gasteiger partial charge in [0, 0.05) is 18.2 Å². The highest BCUT2D eigenvalue weighted by atomic mass is 32.2. The van der Waals surface area contributed by atoms with Crippen molar-refractivity contribution in [1.29, 1.82) is 0 Å². The monoisotopic (exact) mass is 288 g/mol. The lowest BCUT2D eigenvalue weighted by molar-refractivity contribution is -0.137. The van der Waals surface area contributed by atoms with Crippen LogP contribution in [0.5, 0.6) is 0 Å². The predicted molar refractivity (Wildman–Crippen MR) is 69.0 cm³/mol. The average Bonchev–Trinajstić information content (AvgIpc) is 2.33. The summed E-state index contributed by atoms with van der Waals surface area (Å²) in [5.74, 6) is 0.351. The first-order valence-corrected chi connectivity index (χ1v) is 6.29. The summed E-state index contributed by atoms with van der Waals surface area (Å²) in [4.78, 5) is 21.4. The molecular weight excluding hydrogens is 277 g/mol. The van der Waals surface area contributed by atoms with E-state index in [9.17, 15) is 22.8 Å². The number of carbonyl (C=O) groups is 2. The zero-order chi connectivity index (χ0) is 14.5. The first-order chi connectivity index (χ1) is 8.84. The van der Waals surface area contributed by atoms with Gasteiger partial charge in [-0.2, -0.15) is 13.2 Å². The fourth-order valence-electron chi connectivity index (χ4n) is 1.34. The zero-order valence-corrected chi connectivity index (χ0v) is 10.8. The van der Waals surface area contributed by atoms with E-state index in [2.05, 4.69) is 0 Å². The van der Waals surface area contributed by atoms with Crippen molar-refractivity contribution in [2.45, 2.75) is 13.1 Å². The van der Waals surface area contributed by atoms with Gasteiger partial charge in [-0.15, -0.1) is 0 Å². The lowest BCUT2D eigenvalue weighted by atomic mass is 10.0. The maximum atomic E-state index is 12.5. The van der Waals surface area contributed by atoms with Gasteiger partial charge in [-0.25, -0.2) is 0 Å². The Hall–Kier alpha value is -1.56. The molecule has 0 aliphatic heterocycles. The smallest absolute Gasteiger partial charge is 0.298 e. The van der Waals surface area contributed by atoms with Gasteiger partial charge in [0.2, 0.25) is 0 Å². The highest BCUT2D eigenvalue weighted by Crippen LogP contribution is 2.30. The van der Waals surface area contributed by atoms with Crippen LogP contribution in [0.3, 0.4) is 0 Å². The molecule has 0 atom stereocenters. The number of aldehydes is 1. The van der Waals surface area contributed by atoms with Gasteiger partial charge in [0.15, 0.2) is 11.4 Å². The molecule has 1 aromatic carbocycles. The molecule has 19 heavy (non-hydrogen) atoms. The Morgan fingerprint density at radius 2 is 2.00 bits per heavy atom. The lowest BCUT2D eigenvalue weighted by Gasteiger charge is -2.08. The van der Waals surface area contributed by atoms with Crippen LogP contribution in [0.4, 0.5) is 13.2 Å². The Morgan fingerprint density at radius 1 is 1.32 bits per heavy atom. The van der Waals surface area contributed by atoms with Crippen LogP contribution in [0.15, 0.2) is 24.3 Å². The summed E-state index contributed by atoms with van der Waals surface area (Å²) in [5.41, 5.74) is -0.442. The van der Waals surface area contributed by atoms with Crippen LogP contribution in [-0.2, 0) is 11.0 Å². The van der Waals surface area contributed by atoms with Crippen LogP contribution in [0.2, 0.25) is 0 Å². The van der Waals surface area contributed by atoms with E-state index in [1.54, 1.807) is 6.08 Å². The summed E-state index contributed by atoms with van der Waals surface area (Å²) in [5, 5.41) is -0.0793. The van der Waals surface area contributed by atoms with Gasteiger partial charge in [-0.3, -0.25) is 9.59 Å². The molecule has 0 aromatic heterocycles. The maximum Gasteiger partial charge on any atom is 0.416 e. The molecule has 1 aromatic rings. The van der Waals surface area contributed by atoms with E-state index >= 15 is 0 Å². The van der Waals surface area contributed by atoms with E-state index in [4.69, 9.17) is 0 Å². The third kappa shape index (κ3) is 4.90. The summed E-state index contributed by atoms with van der Waals surface area (Å²) in [6.45, 7) is 1.40. The largest absolute Gasteiger partial charge is 0.416 e. The second-order valence-electron chi connectivity index (χ2n) is 3.66. The molecule has 0 N–H and O–H groups in total. The summed E-state index contributed by atoms with van der Waals surface area (Å²) in [6, 6.07) is 2.91. The van der Waals surface area contributed by atoms with Gasteiger partial charge in [-0.05, 0) is 17.7 Å². The summed E-state index contributed by atoms with van der Waals surface area (Å²) < 4.78 is 37.6. The average molecular weight is 288 g/mol. The molecule has 2 nitrogen and oxygen atoms in total. The Morgan fingerprint density at radius 3 is 2.53 bits per heavy atom. The van der Waals surface area contributed by atoms with Crippen LogP contribution < -0.4 is 0 Å². The number of carbonyl (C=O) groups excluding carboxylic acids is 2. The van der Waals surface area contributed by atoms with Gasteiger partial charge in [0.05, 0.1) is 5.56 Å². The second-order valence-corrected chi connectivity index (χ2v) is 4.86. The molecule has 0 fully saturated rings. The lowest BCUT2D eigenvalue weighted by Crippen LogP contribution is -2.05. The molecule has 0 spiro atoms. The standard InChI is InChI=1S/C13H11F3O2S/c1-9(18)19-6-2-3-10-7-12(13(14,15)16)5-4-11(10)8-17/h2-5,7-8H,6H2,1H3. The van der Waals surface area contributed by atoms with Gasteiger partial charge in [-0.1, -0.05) is 30.0 Å². The van der Waals surface area contributed by atoms with Crippen LogP contribution >= 0.6 is 11.8 Å². The molecule has 0 unspecified atom stereocenters. The number of hydrogen-bond donors (Lipinski definition) is 0. The normalized spacial score (nSPS) is 11.8. The molecule has 0 heterocycles. The minimum atomic E-state index is -4.45. The summed E-state index contributed by atoms with van der Waals surface area (Å²) in [6.07, 6.45) is -0.987. The third-order valence-electron chi connectivity index (χ3n) is 2.22. The summed E-state index contributed by atoms with van der Waals surface area (Å²) >= 11 is 1.04. The Balaban J connectivity index is 2.96. The van der Waals surface area contributed by atoms with Crippen molar-refractivity contribution in [3.8, 4) is 0 Å². The van der Waals surface area contributed by atoms with E-state index < -0.39 is 11.7 Å². The number of alkyl halides is 3. The minimum absolute atomic E-state index is 0.0793. The molecule has 102 valence electrons. The molecule has 1 rings (SSSR count). The molecule has 0 amide bonds. The van der Waals surface area contributed by atoms with E-state index in [1.807, 2.05) is 0 Å². The molecule has 0 saturated heterocycles. The highest BCUT2D eigenvalue weighted by molar-refractivity contribution is 8.13. The van der Waals surface area contributed by atoms with E-state index in [0.717, 1.165) is 30.0 Å². The first kappa shape index (κ1) is 15.5. The van der Waals surface area contributed by atoms with Crippen molar-refractivity contribution in [1.82, 2.24) is 0 Å². The predicted octanol–water partition coefficient (Wildman–Crippen LogP) is 3.81. The van der Waals surface area contributed by atoms with Gasteiger partial charge >= 0.3 is 6.18 Å². The fourth-order valence-corrected chi connectivity index (χ4v) is 1.77. The number of rotatable bonds is 4. The first-order valence-electron chi connectivity index (χ1n) is 5.31. The van der Waals surface area contributed by atoms with Crippen LogP contribution in [0.1, 0.15) is 28.4 Å². The number of hydrogen-bond acceptors (Lipinski definition) is 3. The van der Waals surface area contributed by atoms with Crippen LogP contribution in [-0.4, -0.2) is 17.2 Å². The van der Waals surface area contributed by atoms with Crippen molar-refractivity contribution in [2.24, 2.45) is 0 Å². The van der Waals surface area contributed by atoms with Gasteiger partial charge in [0.25, 0.3) is 0 Å². The van der Waals surface area contributed by atoms with E-state index in [1.165, 1.54) is 13.0 Å². The number of thioether (sulfide) groups is 1. The Labute approximate surface area is 112 Å². The number of halogens is 3. The van der Waals surface area contributed by atoms with Crippen LogP contribution in [0.25, 0.3) is 6.08 Å². The molecule has 6 heteroatoms. The van der Waals surface area contributed by atoms with Crippen molar-refractivity contribution in [3.05, 3.63) is 41.0 Å². The topological polar surface area (TPSA) is 34.1 Å². The molecule has 0 bridgehead atoms. The highest BCUT2D eigenvalue weighted by Gasteiger charge is 2.30. The molecule has 0 radical (unpaired) electrons. The van der Waals surface area contributed by atoms with Crippen molar-refractivity contribution >= 4 is 29.2 Å². The third-order valence-corrected chi connectivity index (χ3v) is 2.99. The Kier molecular flexibility index (Phi) is 5.35. The molecular formula is C13H11F3O2S. The van der Waals surface area contributed by atoms with Gasteiger partial charge in [0.1, 0.15) is 0 Å².